The molecule has 0 saturated heterocycles. The van der Waals surface area contributed by atoms with Crippen LogP contribution in [0, 0.1) is 0 Å². The van der Waals surface area contributed by atoms with Gasteiger partial charge in [0.1, 0.15) is 11.2 Å². The number of fused-ring (bicyclic) bond motifs is 1. The summed E-state index contributed by atoms with van der Waals surface area (Å²) in [5.74, 6) is -1.34. The second-order valence-electron chi connectivity index (χ2n) is 11.2. The number of hydrogen-bond acceptors (Lipinski definition) is 5. The Labute approximate surface area is 243 Å². The lowest BCUT2D eigenvalue weighted by Crippen LogP contribution is -2.61. The highest BCUT2D eigenvalue weighted by molar-refractivity contribution is 6.04. The van der Waals surface area contributed by atoms with E-state index in [1.807, 2.05) is 35.0 Å². The van der Waals surface area contributed by atoms with Gasteiger partial charge in [0.2, 0.25) is 5.91 Å². The highest BCUT2D eigenvalue weighted by Crippen LogP contribution is 2.38. The Morgan fingerprint density at radius 3 is 2.36 bits per heavy atom. The third kappa shape index (κ3) is 5.54. The summed E-state index contributed by atoms with van der Waals surface area (Å²) in [6.45, 7) is 0. The number of pyridine rings is 1. The zero-order valence-electron chi connectivity index (χ0n) is 23.3. The monoisotopic (exact) mass is 563 g/mol. The van der Waals surface area contributed by atoms with E-state index in [4.69, 9.17) is 10.2 Å². The number of nitrogens with one attached hydrogen (secondary N) is 2. The first-order chi connectivity index (χ1) is 20.4. The highest BCUT2D eigenvalue weighted by atomic mass is 16.4. The molecule has 2 saturated carbocycles. The second-order valence-corrected chi connectivity index (χ2v) is 11.2. The van der Waals surface area contributed by atoms with Gasteiger partial charge in [-0.05, 0) is 74.1 Å². The molecule has 0 unspecified atom stereocenters. The summed E-state index contributed by atoms with van der Waals surface area (Å²) in [6.07, 6.45) is 12.0. The van der Waals surface area contributed by atoms with Crippen molar-refractivity contribution in [3.63, 3.8) is 0 Å². The van der Waals surface area contributed by atoms with Crippen molar-refractivity contribution in [2.24, 2.45) is 0 Å². The first-order valence-corrected chi connectivity index (χ1v) is 14.5. The minimum absolute atomic E-state index is 0.226. The van der Waals surface area contributed by atoms with Gasteiger partial charge in [-0.25, -0.2) is 9.48 Å². The molecule has 2 aromatic heterocycles. The Bertz CT molecular complexity index is 1650. The quantitative estimate of drug-likeness (QED) is 0.231. The predicted octanol–water partition coefficient (Wildman–Crippen LogP) is 5.86. The first-order valence-electron chi connectivity index (χ1n) is 14.5. The van der Waals surface area contributed by atoms with Crippen LogP contribution in [-0.4, -0.2) is 43.2 Å². The summed E-state index contributed by atoms with van der Waals surface area (Å²) in [7, 11) is 0. The van der Waals surface area contributed by atoms with Gasteiger partial charge in [-0.3, -0.25) is 14.6 Å². The molecule has 9 heteroatoms. The molecular weight excluding hydrogens is 530 g/mol. The SMILES string of the molecule is O=C(O)/C=C/c1ccc(NC(=O)C2(NC(=O)c3cc4nn(-c5ccccc5)c(C5CCCCC5)c4cn3)CCC2)cc1. The number of aromatic nitrogens is 3. The van der Waals surface area contributed by atoms with Crippen molar-refractivity contribution in [3.05, 3.63) is 89.9 Å². The first kappa shape index (κ1) is 27.4. The molecule has 2 aromatic carbocycles. The van der Waals surface area contributed by atoms with Gasteiger partial charge < -0.3 is 15.7 Å². The molecular formula is C33H33N5O4. The largest absolute Gasteiger partial charge is 0.478 e. The fraction of sp³-hybridized carbons (Fsp3) is 0.303. The van der Waals surface area contributed by atoms with Crippen LogP contribution in [0.5, 0.6) is 0 Å². The number of carboxylic acids is 1. The van der Waals surface area contributed by atoms with E-state index in [0.29, 0.717) is 35.5 Å². The highest BCUT2D eigenvalue weighted by Gasteiger charge is 2.45. The molecule has 2 amide bonds. The zero-order valence-corrected chi connectivity index (χ0v) is 23.3. The third-order valence-electron chi connectivity index (χ3n) is 8.40. The normalized spacial score (nSPS) is 16.7. The standard InChI is InChI=1S/C33H33N5O4/c39-29(40)17-14-22-12-15-24(16-13-22)35-32(42)33(18-7-19-33)36-31(41)28-20-27-26(21-34-28)30(23-8-3-1-4-9-23)38(37-27)25-10-5-2-6-11-25/h2,5-6,10-17,20-21,23H,1,3-4,7-9,18-19H2,(H,35,42)(H,36,41)(H,39,40)/b17-14+. The molecule has 0 radical (unpaired) electrons. The van der Waals surface area contributed by atoms with Crippen LogP contribution in [-0.2, 0) is 9.59 Å². The van der Waals surface area contributed by atoms with Crippen molar-refractivity contribution in [2.45, 2.75) is 62.8 Å². The van der Waals surface area contributed by atoms with Crippen molar-refractivity contribution in [1.29, 1.82) is 0 Å². The number of carbonyl (C=O) groups excluding carboxylic acids is 2. The number of para-hydroxylation sites is 1. The number of benzene rings is 2. The number of nitrogens with zero attached hydrogens (tertiary/aromatic N) is 3. The van der Waals surface area contributed by atoms with E-state index in [1.54, 1.807) is 36.5 Å². The Balaban J connectivity index is 1.22. The van der Waals surface area contributed by atoms with Crippen molar-refractivity contribution in [2.75, 3.05) is 5.32 Å². The van der Waals surface area contributed by atoms with Crippen molar-refractivity contribution >= 4 is 40.4 Å². The Morgan fingerprint density at radius 1 is 0.952 bits per heavy atom. The minimum atomic E-state index is -1.03. The molecule has 3 N–H and O–H groups in total. The zero-order chi connectivity index (χ0) is 29.1. The Morgan fingerprint density at radius 2 is 1.69 bits per heavy atom. The Kier molecular flexibility index (Phi) is 7.56. The van der Waals surface area contributed by atoms with E-state index in [0.717, 1.165) is 42.1 Å². The molecule has 214 valence electrons. The number of carbonyl (C=O) groups is 3. The van der Waals surface area contributed by atoms with Crippen LogP contribution in [0.2, 0.25) is 0 Å². The fourth-order valence-corrected chi connectivity index (χ4v) is 5.98. The summed E-state index contributed by atoms with van der Waals surface area (Å²) < 4.78 is 2.01. The molecule has 0 aliphatic heterocycles. The number of rotatable bonds is 8. The predicted molar refractivity (Wildman–Crippen MR) is 160 cm³/mol. The molecule has 2 aliphatic rings. The van der Waals surface area contributed by atoms with Crippen LogP contribution in [0.25, 0.3) is 22.7 Å². The molecule has 42 heavy (non-hydrogen) atoms. The number of carboxylic acid groups (broad SMARTS) is 1. The lowest BCUT2D eigenvalue weighted by Gasteiger charge is -2.40. The summed E-state index contributed by atoms with van der Waals surface area (Å²) in [4.78, 5) is 42.1. The summed E-state index contributed by atoms with van der Waals surface area (Å²) in [5.41, 5.74) is 3.31. The van der Waals surface area contributed by atoms with Gasteiger partial charge in [0.05, 0.1) is 16.9 Å². The molecule has 0 bridgehead atoms. The van der Waals surface area contributed by atoms with Gasteiger partial charge >= 0.3 is 5.97 Å². The second kappa shape index (κ2) is 11.6. The number of hydrogen-bond donors (Lipinski definition) is 3. The van der Waals surface area contributed by atoms with Crippen molar-refractivity contribution in [1.82, 2.24) is 20.1 Å². The third-order valence-corrected chi connectivity index (χ3v) is 8.40. The van der Waals surface area contributed by atoms with Crippen LogP contribution in [0.1, 0.15) is 79.0 Å². The summed E-state index contributed by atoms with van der Waals surface area (Å²) >= 11 is 0. The van der Waals surface area contributed by atoms with Gasteiger partial charge in [0.25, 0.3) is 5.91 Å². The van der Waals surface area contributed by atoms with E-state index in [2.05, 4.69) is 15.6 Å². The van der Waals surface area contributed by atoms with Crippen LogP contribution in [0.4, 0.5) is 5.69 Å². The Hall–Kier alpha value is -4.79. The maximum atomic E-state index is 13.4. The number of amides is 2. The molecule has 9 nitrogen and oxygen atoms in total. The van der Waals surface area contributed by atoms with Gasteiger partial charge in [0.15, 0.2) is 0 Å². The summed E-state index contributed by atoms with van der Waals surface area (Å²) in [5, 5.41) is 20.6. The van der Waals surface area contributed by atoms with E-state index in [1.165, 1.54) is 25.3 Å². The average Bonchev–Trinajstić information content (AvgIpc) is 3.38. The topological polar surface area (TPSA) is 126 Å². The van der Waals surface area contributed by atoms with E-state index < -0.39 is 17.4 Å². The molecule has 6 rings (SSSR count). The lowest BCUT2D eigenvalue weighted by molar-refractivity contribution is -0.131. The van der Waals surface area contributed by atoms with Crippen LogP contribution < -0.4 is 10.6 Å². The average molecular weight is 564 g/mol. The lowest BCUT2D eigenvalue weighted by atomic mass is 9.75. The van der Waals surface area contributed by atoms with Gasteiger partial charge in [-0.1, -0.05) is 49.6 Å². The maximum absolute atomic E-state index is 13.4. The van der Waals surface area contributed by atoms with Crippen molar-refractivity contribution in [3.8, 4) is 5.69 Å². The smallest absolute Gasteiger partial charge is 0.328 e. The minimum Gasteiger partial charge on any atom is -0.478 e. The fourth-order valence-electron chi connectivity index (χ4n) is 5.98. The molecule has 2 heterocycles. The van der Waals surface area contributed by atoms with E-state index in [-0.39, 0.29) is 11.6 Å². The maximum Gasteiger partial charge on any atom is 0.328 e. The van der Waals surface area contributed by atoms with Gasteiger partial charge in [0, 0.05) is 29.3 Å². The molecule has 0 spiro atoms. The molecule has 2 aliphatic carbocycles. The van der Waals surface area contributed by atoms with Gasteiger partial charge in [-0.2, -0.15) is 5.10 Å². The van der Waals surface area contributed by atoms with E-state index in [9.17, 15) is 14.4 Å². The van der Waals surface area contributed by atoms with E-state index >= 15 is 0 Å². The van der Waals surface area contributed by atoms with Crippen molar-refractivity contribution < 1.29 is 19.5 Å². The van der Waals surface area contributed by atoms with Crippen LogP contribution in [0.15, 0.2) is 72.9 Å². The molecule has 2 fully saturated rings. The molecule has 4 aromatic rings. The number of anilines is 1. The van der Waals surface area contributed by atoms with Crippen LogP contribution in [0.3, 0.4) is 0 Å². The van der Waals surface area contributed by atoms with Gasteiger partial charge in [-0.15, -0.1) is 0 Å². The number of aliphatic carboxylic acids is 1. The summed E-state index contributed by atoms with van der Waals surface area (Å²) in [6, 6.07) is 18.6. The van der Waals surface area contributed by atoms with Crippen LogP contribution >= 0.6 is 0 Å². The molecule has 0 atom stereocenters.